The van der Waals surface area contributed by atoms with Crippen molar-refractivity contribution in [2.75, 3.05) is 6.61 Å². The molecule has 0 saturated heterocycles. The van der Waals surface area contributed by atoms with E-state index in [1.54, 1.807) is 10.5 Å². The van der Waals surface area contributed by atoms with Crippen LogP contribution in [-0.2, 0) is 6.61 Å². The monoisotopic (exact) mass is 531 g/mol. The molecule has 0 aliphatic rings. The Morgan fingerprint density at radius 1 is 1.15 bits per heavy atom. The van der Waals surface area contributed by atoms with E-state index in [2.05, 4.69) is 27.0 Å². The van der Waals surface area contributed by atoms with Crippen molar-refractivity contribution in [3.8, 4) is 17.6 Å². The molecule has 3 aromatic carbocycles. The third kappa shape index (κ3) is 4.04. The van der Waals surface area contributed by atoms with Gasteiger partial charge >= 0.3 is 0 Å². The number of hydrogen-bond acceptors (Lipinski definition) is 6. The number of para-hydroxylation sites is 2. The molecule has 2 aromatic heterocycles. The third-order valence-corrected chi connectivity index (χ3v) is 6.84. The van der Waals surface area contributed by atoms with Crippen molar-refractivity contribution >= 4 is 49.3 Å². The van der Waals surface area contributed by atoms with Crippen molar-refractivity contribution in [3.63, 3.8) is 0 Å². The van der Waals surface area contributed by atoms with Gasteiger partial charge in [-0.15, -0.1) is 0 Å². The smallest absolute Gasteiger partial charge is 0.274 e. The average Bonchev–Trinajstić information content (AvgIpc) is 3.35. The number of fused-ring (bicyclic) bond motifs is 3. The van der Waals surface area contributed by atoms with Gasteiger partial charge in [-0.2, -0.15) is 5.26 Å². The Balaban J connectivity index is 1.53. The van der Waals surface area contributed by atoms with Crippen molar-refractivity contribution < 1.29 is 9.47 Å². The molecule has 0 spiro atoms. The molecule has 0 bridgehead atoms. The highest BCUT2D eigenvalue weighted by molar-refractivity contribution is 9.10. The van der Waals surface area contributed by atoms with E-state index in [-0.39, 0.29) is 12.2 Å². The summed E-state index contributed by atoms with van der Waals surface area (Å²) in [5, 5.41) is 9.33. The number of nitrogens with zero attached hydrogens (tertiary/aromatic N) is 3. The second-order valence-corrected chi connectivity index (χ2v) is 9.32. The molecule has 34 heavy (non-hydrogen) atoms. The Bertz CT molecular complexity index is 1680. The zero-order valence-corrected chi connectivity index (χ0v) is 20.5. The Labute approximate surface area is 207 Å². The largest absolute Gasteiger partial charge is 0.490 e. The van der Waals surface area contributed by atoms with Crippen LogP contribution >= 0.6 is 27.3 Å². The van der Waals surface area contributed by atoms with Gasteiger partial charge in [0, 0.05) is 5.56 Å². The number of halogens is 1. The van der Waals surface area contributed by atoms with Crippen LogP contribution in [-0.4, -0.2) is 16.0 Å². The number of aromatic nitrogens is 2. The van der Waals surface area contributed by atoms with Crippen molar-refractivity contribution in [1.82, 2.24) is 9.38 Å². The lowest BCUT2D eigenvalue weighted by Crippen LogP contribution is -2.22. The molecule has 168 valence electrons. The molecule has 0 unspecified atom stereocenters. The van der Waals surface area contributed by atoms with Crippen LogP contribution in [0, 0.1) is 11.3 Å². The summed E-state index contributed by atoms with van der Waals surface area (Å²) in [6, 6.07) is 20.8. The predicted molar refractivity (Wildman–Crippen MR) is 136 cm³/mol. The Morgan fingerprint density at radius 2 is 1.94 bits per heavy atom. The lowest BCUT2D eigenvalue weighted by molar-refractivity contribution is 0.267. The Kier molecular flexibility index (Phi) is 6.05. The van der Waals surface area contributed by atoms with Crippen molar-refractivity contribution in [2.45, 2.75) is 13.5 Å². The topological polar surface area (TPSA) is 76.6 Å². The number of hydrogen-bond donors (Lipinski definition) is 0. The third-order valence-electron chi connectivity index (χ3n) is 5.28. The van der Waals surface area contributed by atoms with E-state index in [4.69, 9.17) is 9.47 Å². The molecule has 0 radical (unpaired) electrons. The number of thiazole rings is 1. The van der Waals surface area contributed by atoms with Crippen LogP contribution in [0.1, 0.15) is 23.6 Å². The highest BCUT2D eigenvalue weighted by Crippen LogP contribution is 2.38. The Morgan fingerprint density at radius 3 is 2.76 bits per heavy atom. The van der Waals surface area contributed by atoms with Gasteiger partial charge in [-0.05, 0) is 64.8 Å². The molecule has 0 atom stereocenters. The molecular weight excluding hydrogens is 514 g/mol. The van der Waals surface area contributed by atoms with E-state index < -0.39 is 0 Å². The number of rotatable bonds is 6. The van der Waals surface area contributed by atoms with Gasteiger partial charge in [-0.1, -0.05) is 41.7 Å². The van der Waals surface area contributed by atoms with Crippen LogP contribution in [0.4, 0.5) is 0 Å². The number of imidazole rings is 1. The standard InChI is InChI=1S/C26H18BrN3O3S/c1-2-32-22-12-16(11-19(27)24(22)33-15-18-8-4-3-7-17(18)14-28)13-23-25(31)30-21-10-6-5-9-20(21)29-26(30)34-23/h3-13H,2,15H2,1H3. The number of benzene rings is 3. The average molecular weight is 532 g/mol. The summed E-state index contributed by atoms with van der Waals surface area (Å²) in [7, 11) is 0. The summed E-state index contributed by atoms with van der Waals surface area (Å²) in [6.07, 6.45) is 1.83. The maximum absolute atomic E-state index is 13.1. The van der Waals surface area contributed by atoms with E-state index in [0.29, 0.717) is 37.6 Å². The van der Waals surface area contributed by atoms with E-state index in [1.807, 2.05) is 67.6 Å². The fourth-order valence-corrected chi connectivity index (χ4v) is 5.30. The van der Waals surface area contributed by atoms with Gasteiger partial charge in [0.05, 0.1) is 38.3 Å². The van der Waals surface area contributed by atoms with E-state index in [0.717, 1.165) is 22.2 Å². The zero-order valence-electron chi connectivity index (χ0n) is 18.1. The van der Waals surface area contributed by atoms with E-state index >= 15 is 0 Å². The second-order valence-electron chi connectivity index (χ2n) is 7.45. The predicted octanol–water partition coefficient (Wildman–Crippen LogP) is 5.07. The van der Waals surface area contributed by atoms with Crippen LogP contribution < -0.4 is 19.6 Å². The maximum Gasteiger partial charge on any atom is 0.274 e. The van der Waals surface area contributed by atoms with Gasteiger partial charge < -0.3 is 9.47 Å². The summed E-state index contributed by atoms with van der Waals surface area (Å²) < 4.78 is 14.8. The summed E-state index contributed by atoms with van der Waals surface area (Å²) in [4.78, 5) is 18.3. The summed E-state index contributed by atoms with van der Waals surface area (Å²) in [5.74, 6) is 1.10. The first-order valence-corrected chi connectivity index (χ1v) is 12.2. The number of nitriles is 1. The molecule has 5 aromatic rings. The fourth-order valence-electron chi connectivity index (χ4n) is 3.74. The molecule has 0 aliphatic heterocycles. The van der Waals surface area contributed by atoms with Crippen LogP contribution in [0.15, 0.2) is 69.9 Å². The molecule has 0 fully saturated rings. The van der Waals surface area contributed by atoms with Crippen molar-refractivity contribution in [3.05, 3.63) is 96.7 Å². The molecule has 0 amide bonds. The highest BCUT2D eigenvalue weighted by atomic mass is 79.9. The van der Waals surface area contributed by atoms with Crippen LogP contribution in [0.25, 0.3) is 22.1 Å². The van der Waals surface area contributed by atoms with Crippen molar-refractivity contribution in [1.29, 1.82) is 5.26 Å². The minimum atomic E-state index is -0.101. The lowest BCUT2D eigenvalue weighted by atomic mass is 10.1. The molecule has 6 nitrogen and oxygen atoms in total. The fraction of sp³-hybridized carbons (Fsp3) is 0.115. The van der Waals surface area contributed by atoms with Gasteiger partial charge in [-0.25, -0.2) is 9.38 Å². The maximum atomic E-state index is 13.1. The van der Waals surface area contributed by atoms with Gasteiger partial charge in [0.1, 0.15) is 6.61 Å². The van der Waals surface area contributed by atoms with Crippen LogP contribution in [0.5, 0.6) is 11.5 Å². The molecule has 0 aliphatic carbocycles. The minimum absolute atomic E-state index is 0.101. The molecule has 8 heteroatoms. The number of ether oxygens (including phenoxy) is 2. The van der Waals surface area contributed by atoms with Crippen LogP contribution in [0.3, 0.4) is 0 Å². The van der Waals surface area contributed by atoms with Gasteiger partial charge in [0.25, 0.3) is 5.56 Å². The first-order valence-electron chi connectivity index (χ1n) is 10.6. The molecule has 2 heterocycles. The van der Waals surface area contributed by atoms with Gasteiger partial charge in [0.2, 0.25) is 0 Å². The minimum Gasteiger partial charge on any atom is -0.490 e. The van der Waals surface area contributed by atoms with Crippen molar-refractivity contribution in [2.24, 2.45) is 0 Å². The highest BCUT2D eigenvalue weighted by Gasteiger charge is 2.15. The summed E-state index contributed by atoms with van der Waals surface area (Å²) in [6.45, 7) is 2.58. The normalized spacial score (nSPS) is 11.7. The van der Waals surface area contributed by atoms with Gasteiger partial charge in [-0.3, -0.25) is 4.79 Å². The summed E-state index contributed by atoms with van der Waals surface area (Å²) in [5.41, 5.74) is 3.66. The zero-order chi connectivity index (χ0) is 23.7. The molecule has 0 N–H and O–H groups in total. The lowest BCUT2D eigenvalue weighted by Gasteiger charge is -2.15. The molecular formula is C26H18BrN3O3S. The second kappa shape index (κ2) is 9.29. The van der Waals surface area contributed by atoms with Crippen LogP contribution in [0.2, 0.25) is 0 Å². The molecule has 0 saturated carbocycles. The SMILES string of the molecule is CCOc1cc(C=c2sc3nc4ccccc4n3c2=O)cc(Br)c1OCc1ccccc1C#N. The molecule has 5 rings (SSSR count). The quantitative estimate of drug-likeness (QED) is 0.305. The van der Waals surface area contributed by atoms with E-state index in [1.165, 1.54) is 11.3 Å². The first kappa shape index (κ1) is 22.1. The summed E-state index contributed by atoms with van der Waals surface area (Å²) >= 11 is 4.94. The van der Waals surface area contributed by atoms with Gasteiger partial charge in [0.15, 0.2) is 16.5 Å². The van der Waals surface area contributed by atoms with E-state index in [9.17, 15) is 10.1 Å². The first-order chi connectivity index (χ1) is 16.6. The Hall–Kier alpha value is -3.67.